The molecule has 0 aromatic rings. The first-order chi connectivity index (χ1) is 13.0. The van der Waals surface area contributed by atoms with Crippen LogP contribution < -0.4 is 0 Å². The summed E-state index contributed by atoms with van der Waals surface area (Å²) in [5.41, 5.74) is 0. The van der Waals surface area contributed by atoms with Crippen LogP contribution in [0.4, 0.5) is 0 Å². The average molecular weight is 378 g/mol. The van der Waals surface area contributed by atoms with Gasteiger partial charge >= 0.3 is 0 Å². The van der Waals surface area contributed by atoms with Crippen LogP contribution in [-0.4, -0.2) is 84.0 Å². The fourth-order valence-corrected chi connectivity index (χ4v) is 5.73. The van der Waals surface area contributed by atoms with Crippen LogP contribution in [0.3, 0.4) is 0 Å². The highest BCUT2D eigenvalue weighted by molar-refractivity contribution is 5.78. The van der Waals surface area contributed by atoms with Crippen LogP contribution in [0.1, 0.15) is 52.4 Å². The summed E-state index contributed by atoms with van der Waals surface area (Å²) in [5.74, 6) is 1.17. The maximum absolute atomic E-state index is 12.8. The first-order valence-electron chi connectivity index (χ1n) is 11.0. The Balaban J connectivity index is 1.44. The molecule has 4 aliphatic heterocycles. The van der Waals surface area contributed by atoms with E-state index in [0.29, 0.717) is 49.3 Å². The maximum atomic E-state index is 12.8. The molecular formula is C21H35N3O3. The minimum Gasteiger partial charge on any atom is -0.376 e. The molecule has 0 radical (unpaired) electrons. The number of hydrogen-bond donors (Lipinski definition) is 0. The number of hydrogen-bond acceptors (Lipinski definition) is 4. The van der Waals surface area contributed by atoms with E-state index in [1.807, 2.05) is 9.80 Å². The second kappa shape index (κ2) is 8.08. The van der Waals surface area contributed by atoms with Gasteiger partial charge < -0.3 is 14.5 Å². The first kappa shape index (κ1) is 19.2. The summed E-state index contributed by atoms with van der Waals surface area (Å²) in [6, 6.07) is 0.804. The second-order valence-corrected chi connectivity index (χ2v) is 9.15. The smallest absolute Gasteiger partial charge is 0.225 e. The molecule has 4 heterocycles. The largest absolute Gasteiger partial charge is 0.376 e. The van der Waals surface area contributed by atoms with Crippen molar-refractivity contribution < 1.29 is 14.3 Å². The summed E-state index contributed by atoms with van der Waals surface area (Å²) in [6.07, 6.45) is 5.59. The molecule has 4 atom stereocenters. The Hall–Kier alpha value is -1.14. The van der Waals surface area contributed by atoms with Crippen molar-refractivity contribution in [2.24, 2.45) is 11.8 Å². The zero-order valence-corrected chi connectivity index (χ0v) is 16.9. The second-order valence-electron chi connectivity index (χ2n) is 9.15. The Morgan fingerprint density at radius 2 is 1.48 bits per heavy atom. The number of carbonyl (C=O) groups excluding carboxylic acids is 2. The van der Waals surface area contributed by atoms with Gasteiger partial charge in [0.1, 0.15) is 0 Å². The molecule has 4 fully saturated rings. The van der Waals surface area contributed by atoms with E-state index < -0.39 is 0 Å². The minimum absolute atomic E-state index is 0.0248. The Kier molecular flexibility index (Phi) is 5.74. The summed E-state index contributed by atoms with van der Waals surface area (Å²) < 4.78 is 6.15. The van der Waals surface area contributed by atoms with Gasteiger partial charge in [-0.15, -0.1) is 0 Å². The van der Waals surface area contributed by atoms with Gasteiger partial charge in [-0.05, 0) is 45.4 Å². The van der Waals surface area contributed by atoms with Crippen LogP contribution in [0.15, 0.2) is 0 Å². The number of likely N-dealkylation sites (tertiary alicyclic amines) is 3. The van der Waals surface area contributed by atoms with Crippen LogP contribution in [0.2, 0.25) is 0 Å². The molecule has 152 valence electrons. The normalized spacial score (nSPS) is 34.0. The summed E-state index contributed by atoms with van der Waals surface area (Å²) >= 11 is 0. The molecule has 0 aromatic heterocycles. The molecule has 0 spiro atoms. The molecule has 0 aromatic carbocycles. The predicted octanol–water partition coefficient (Wildman–Crippen LogP) is 1.74. The monoisotopic (exact) mass is 377 g/mol. The van der Waals surface area contributed by atoms with Gasteiger partial charge in [-0.2, -0.15) is 0 Å². The van der Waals surface area contributed by atoms with Gasteiger partial charge in [0.2, 0.25) is 11.8 Å². The van der Waals surface area contributed by atoms with Crippen molar-refractivity contribution in [3.05, 3.63) is 0 Å². The number of nitrogens with zero attached hydrogens (tertiary/aromatic N) is 3. The number of carbonyl (C=O) groups is 2. The zero-order chi connectivity index (χ0) is 19.0. The van der Waals surface area contributed by atoms with E-state index in [4.69, 9.17) is 4.74 Å². The third kappa shape index (κ3) is 3.88. The summed E-state index contributed by atoms with van der Waals surface area (Å²) in [6.45, 7) is 9.75. The Morgan fingerprint density at radius 1 is 0.926 bits per heavy atom. The lowest BCUT2D eigenvalue weighted by Gasteiger charge is -2.26. The summed E-state index contributed by atoms with van der Waals surface area (Å²) in [7, 11) is 0. The van der Waals surface area contributed by atoms with E-state index in [2.05, 4.69) is 18.7 Å². The Morgan fingerprint density at radius 3 is 2.04 bits per heavy atom. The molecule has 4 saturated heterocycles. The molecule has 2 amide bonds. The highest BCUT2D eigenvalue weighted by Crippen LogP contribution is 2.43. The SMILES string of the molecule is CC(C)N1C[C@@H](CC(=O)N2CCCC2)[C@H]2[C@H](CC(=O)N3CCCC3)OC[C@H]21. The van der Waals surface area contributed by atoms with E-state index in [-0.39, 0.29) is 12.0 Å². The van der Waals surface area contributed by atoms with Crippen LogP contribution >= 0.6 is 0 Å². The summed E-state index contributed by atoms with van der Waals surface area (Å²) in [4.78, 5) is 32.0. The molecule has 0 bridgehead atoms. The molecular weight excluding hydrogens is 342 g/mol. The molecule has 0 aliphatic carbocycles. The van der Waals surface area contributed by atoms with Crippen molar-refractivity contribution in [3.8, 4) is 0 Å². The van der Waals surface area contributed by atoms with E-state index in [0.717, 1.165) is 58.4 Å². The lowest BCUT2D eigenvalue weighted by atomic mass is 9.84. The number of amides is 2. The van der Waals surface area contributed by atoms with E-state index in [9.17, 15) is 9.59 Å². The van der Waals surface area contributed by atoms with Gasteiger partial charge in [0.15, 0.2) is 0 Å². The third-order valence-electron chi connectivity index (χ3n) is 7.16. The molecule has 6 heteroatoms. The van der Waals surface area contributed by atoms with Crippen molar-refractivity contribution in [2.75, 3.05) is 39.3 Å². The quantitative estimate of drug-likeness (QED) is 0.732. The average Bonchev–Trinajstić information content (AvgIpc) is 3.42. The highest BCUT2D eigenvalue weighted by atomic mass is 16.5. The first-order valence-corrected chi connectivity index (χ1v) is 11.0. The number of rotatable bonds is 5. The molecule has 4 aliphatic rings. The summed E-state index contributed by atoms with van der Waals surface area (Å²) in [5, 5.41) is 0. The topological polar surface area (TPSA) is 53.1 Å². The van der Waals surface area contributed by atoms with Gasteiger partial charge in [0, 0.05) is 57.1 Å². The molecule has 0 N–H and O–H groups in total. The zero-order valence-electron chi connectivity index (χ0n) is 16.9. The fourth-order valence-electron chi connectivity index (χ4n) is 5.73. The van der Waals surface area contributed by atoms with Crippen molar-refractivity contribution in [3.63, 3.8) is 0 Å². The minimum atomic E-state index is -0.0248. The van der Waals surface area contributed by atoms with Crippen molar-refractivity contribution in [1.29, 1.82) is 0 Å². The standard InChI is InChI=1S/C21H35N3O3/c1-15(2)24-13-16(11-19(25)22-7-3-4-8-22)21-17(24)14-27-18(21)12-20(26)23-9-5-6-10-23/h15-18,21H,3-14H2,1-2H3/t16-,17-,18+,21-/m1/s1. The van der Waals surface area contributed by atoms with Crippen molar-refractivity contribution in [2.45, 2.75) is 70.6 Å². The number of ether oxygens (including phenoxy) is 1. The molecule has 0 unspecified atom stereocenters. The van der Waals surface area contributed by atoms with E-state index in [1.165, 1.54) is 0 Å². The van der Waals surface area contributed by atoms with Gasteiger partial charge in [-0.1, -0.05) is 0 Å². The lowest BCUT2D eigenvalue weighted by Crippen LogP contribution is -2.38. The fraction of sp³-hybridized carbons (Fsp3) is 0.905. The highest BCUT2D eigenvalue weighted by Gasteiger charge is 2.52. The lowest BCUT2D eigenvalue weighted by molar-refractivity contribution is -0.133. The van der Waals surface area contributed by atoms with Gasteiger partial charge in [-0.3, -0.25) is 14.5 Å². The maximum Gasteiger partial charge on any atom is 0.225 e. The Bertz CT molecular complexity index is 555. The molecule has 0 saturated carbocycles. The van der Waals surface area contributed by atoms with Gasteiger partial charge in [0.05, 0.1) is 19.1 Å². The van der Waals surface area contributed by atoms with E-state index >= 15 is 0 Å². The molecule has 4 rings (SSSR count). The molecule has 6 nitrogen and oxygen atoms in total. The van der Waals surface area contributed by atoms with Crippen molar-refractivity contribution >= 4 is 11.8 Å². The van der Waals surface area contributed by atoms with E-state index in [1.54, 1.807) is 0 Å². The predicted molar refractivity (Wildman–Crippen MR) is 103 cm³/mol. The van der Waals surface area contributed by atoms with Crippen LogP contribution in [-0.2, 0) is 14.3 Å². The molecule has 27 heavy (non-hydrogen) atoms. The van der Waals surface area contributed by atoms with Crippen molar-refractivity contribution in [1.82, 2.24) is 14.7 Å². The Labute approximate surface area is 163 Å². The third-order valence-corrected chi connectivity index (χ3v) is 7.16. The number of fused-ring (bicyclic) bond motifs is 1. The van der Waals surface area contributed by atoms with Gasteiger partial charge in [-0.25, -0.2) is 0 Å². The van der Waals surface area contributed by atoms with Crippen LogP contribution in [0.5, 0.6) is 0 Å². The van der Waals surface area contributed by atoms with Crippen LogP contribution in [0.25, 0.3) is 0 Å². The van der Waals surface area contributed by atoms with Crippen LogP contribution in [0, 0.1) is 11.8 Å². The van der Waals surface area contributed by atoms with Gasteiger partial charge in [0.25, 0.3) is 0 Å².